The summed E-state index contributed by atoms with van der Waals surface area (Å²) in [5.41, 5.74) is 12.9. The van der Waals surface area contributed by atoms with Crippen molar-refractivity contribution < 1.29 is 0 Å². The van der Waals surface area contributed by atoms with Gasteiger partial charge in [0.2, 0.25) is 0 Å². The van der Waals surface area contributed by atoms with E-state index in [-0.39, 0.29) is 6.04 Å². The summed E-state index contributed by atoms with van der Waals surface area (Å²) in [7, 11) is 0. The summed E-state index contributed by atoms with van der Waals surface area (Å²) in [6, 6.07) is 44.7. The number of benzene rings is 5. The Hall–Kier alpha value is -4.82. The quantitative estimate of drug-likeness (QED) is 0.191. The third kappa shape index (κ3) is 5.73. The van der Waals surface area contributed by atoms with E-state index in [1.807, 2.05) is 0 Å². The van der Waals surface area contributed by atoms with Crippen molar-refractivity contribution in [3.8, 4) is 0 Å². The first-order chi connectivity index (χ1) is 21.2. The van der Waals surface area contributed by atoms with Gasteiger partial charge in [0.1, 0.15) is 0 Å². The summed E-state index contributed by atoms with van der Waals surface area (Å²) in [6.07, 6.45) is 6.97. The van der Waals surface area contributed by atoms with Crippen molar-refractivity contribution in [3.05, 3.63) is 173 Å². The van der Waals surface area contributed by atoms with Gasteiger partial charge < -0.3 is 9.80 Å². The van der Waals surface area contributed by atoms with E-state index in [0.29, 0.717) is 0 Å². The molecule has 0 bridgehead atoms. The smallest absolute Gasteiger partial charge is 0.0866 e. The van der Waals surface area contributed by atoms with Crippen LogP contribution in [0.4, 0.5) is 22.7 Å². The van der Waals surface area contributed by atoms with Crippen LogP contribution in [0.5, 0.6) is 0 Å². The van der Waals surface area contributed by atoms with Crippen molar-refractivity contribution in [2.75, 3.05) is 9.80 Å². The second-order valence-electron chi connectivity index (χ2n) is 12.5. The number of allylic oxidation sites excluding steroid dienone is 2. The summed E-state index contributed by atoms with van der Waals surface area (Å²) in [5, 5.41) is 0. The Labute approximate surface area is 263 Å². The molecule has 2 atom stereocenters. The van der Waals surface area contributed by atoms with E-state index in [9.17, 15) is 0 Å². The zero-order valence-electron chi connectivity index (χ0n) is 26.8. The molecule has 5 aromatic carbocycles. The second kappa shape index (κ2) is 12.1. The summed E-state index contributed by atoms with van der Waals surface area (Å²) >= 11 is 0. The second-order valence-corrected chi connectivity index (χ2v) is 12.5. The van der Waals surface area contributed by atoms with Crippen LogP contribution in [-0.2, 0) is 0 Å². The molecule has 0 amide bonds. The van der Waals surface area contributed by atoms with Crippen LogP contribution in [0.15, 0.2) is 140 Å². The minimum atomic E-state index is -0.492. The average Bonchev–Trinajstić information content (AvgIpc) is 3.02. The van der Waals surface area contributed by atoms with Gasteiger partial charge in [-0.25, -0.2) is 0 Å². The largest absolute Gasteiger partial charge is 0.331 e. The van der Waals surface area contributed by atoms with E-state index in [4.69, 9.17) is 0 Å². The Bertz CT molecular complexity index is 1700. The highest BCUT2D eigenvalue weighted by molar-refractivity contribution is 5.85. The van der Waals surface area contributed by atoms with E-state index < -0.39 is 5.54 Å². The van der Waals surface area contributed by atoms with Gasteiger partial charge >= 0.3 is 0 Å². The molecule has 2 heteroatoms. The zero-order chi connectivity index (χ0) is 30.8. The van der Waals surface area contributed by atoms with E-state index in [1.165, 1.54) is 39.0 Å². The summed E-state index contributed by atoms with van der Waals surface area (Å²) in [5.74, 6) is 0. The monoisotopic (exact) mass is 574 g/mol. The van der Waals surface area contributed by atoms with Crippen molar-refractivity contribution in [2.45, 2.75) is 53.1 Å². The Morgan fingerprint density at radius 2 is 0.932 bits per heavy atom. The lowest BCUT2D eigenvalue weighted by atomic mass is 9.76. The van der Waals surface area contributed by atoms with Gasteiger partial charge in [-0.1, -0.05) is 119 Å². The van der Waals surface area contributed by atoms with Gasteiger partial charge in [0.25, 0.3) is 0 Å². The highest BCUT2D eigenvalue weighted by Gasteiger charge is 2.46. The molecule has 220 valence electrons. The molecule has 0 aliphatic heterocycles. The summed E-state index contributed by atoms with van der Waals surface area (Å²) in [6.45, 7) is 13.2. The van der Waals surface area contributed by atoms with E-state index >= 15 is 0 Å². The first kappa shape index (κ1) is 29.3. The first-order valence-corrected chi connectivity index (χ1v) is 15.6. The fraction of sp³-hybridized carbons (Fsp3) is 0.190. The summed E-state index contributed by atoms with van der Waals surface area (Å²) in [4.78, 5) is 5.08. The molecule has 0 fully saturated rings. The molecule has 0 spiro atoms. The van der Waals surface area contributed by atoms with E-state index in [2.05, 4.69) is 191 Å². The minimum absolute atomic E-state index is 0.0812. The number of hydrogen-bond donors (Lipinski definition) is 0. The van der Waals surface area contributed by atoms with Gasteiger partial charge in [0.05, 0.1) is 11.6 Å². The highest BCUT2D eigenvalue weighted by atomic mass is 15.3. The lowest BCUT2D eigenvalue weighted by Crippen LogP contribution is -2.58. The fourth-order valence-corrected chi connectivity index (χ4v) is 6.47. The van der Waals surface area contributed by atoms with Gasteiger partial charge in [0, 0.05) is 22.7 Å². The van der Waals surface area contributed by atoms with Crippen molar-refractivity contribution >= 4 is 28.3 Å². The molecule has 2 nitrogen and oxygen atoms in total. The molecule has 1 aliphatic rings. The average molecular weight is 575 g/mol. The third-order valence-electron chi connectivity index (χ3n) is 8.86. The van der Waals surface area contributed by atoms with Crippen LogP contribution in [-0.4, -0.2) is 11.6 Å². The lowest BCUT2D eigenvalue weighted by molar-refractivity contribution is 0.504. The minimum Gasteiger partial charge on any atom is -0.331 e. The number of nitrogens with zero attached hydrogens (tertiary/aromatic N) is 2. The molecule has 2 unspecified atom stereocenters. The van der Waals surface area contributed by atoms with Crippen LogP contribution in [0, 0.1) is 34.6 Å². The number of hydrogen-bond acceptors (Lipinski definition) is 2. The molecular weight excluding hydrogens is 532 g/mol. The molecule has 0 radical (unpaired) electrons. The zero-order valence-corrected chi connectivity index (χ0v) is 26.8. The molecule has 1 aliphatic carbocycles. The van der Waals surface area contributed by atoms with Gasteiger partial charge in [-0.15, -0.1) is 0 Å². The lowest BCUT2D eigenvalue weighted by Gasteiger charge is -2.52. The maximum absolute atomic E-state index is 2.55. The van der Waals surface area contributed by atoms with Crippen LogP contribution < -0.4 is 9.80 Å². The number of rotatable bonds is 7. The Kier molecular flexibility index (Phi) is 8.01. The van der Waals surface area contributed by atoms with Crippen LogP contribution in [0.1, 0.15) is 40.3 Å². The predicted octanol–water partition coefficient (Wildman–Crippen LogP) is 11.0. The predicted molar refractivity (Wildman–Crippen MR) is 189 cm³/mol. The molecule has 6 rings (SSSR count). The normalized spacial score (nSPS) is 17.7. The fourth-order valence-electron chi connectivity index (χ4n) is 6.47. The van der Waals surface area contributed by atoms with Gasteiger partial charge in [-0.2, -0.15) is 0 Å². The van der Waals surface area contributed by atoms with E-state index in [1.54, 1.807) is 0 Å². The molecule has 0 N–H and O–H groups in total. The maximum atomic E-state index is 2.55. The Morgan fingerprint density at radius 1 is 0.500 bits per heavy atom. The topological polar surface area (TPSA) is 6.48 Å². The SMILES string of the molecule is Cc1ccc(N(c2ccc(C)cc2)C2C(c3cccc(C)c3)=CC=CC2(C)N(c2ccc(C)cc2)c2ccc(C)cc2)cc1. The molecule has 44 heavy (non-hydrogen) atoms. The molecule has 0 heterocycles. The van der Waals surface area contributed by atoms with Crippen molar-refractivity contribution in [2.24, 2.45) is 0 Å². The molecule has 0 saturated heterocycles. The number of aryl methyl sites for hydroxylation is 5. The van der Waals surface area contributed by atoms with E-state index in [0.717, 1.165) is 22.7 Å². The van der Waals surface area contributed by atoms with Crippen molar-refractivity contribution in [1.29, 1.82) is 0 Å². The highest BCUT2D eigenvalue weighted by Crippen LogP contribution is 2.47. The van der Waals surface area contributed by atoms with Crippen molar-refractivity contribution in [3.63, 3.8) is 0 Å². The van der Waals surface area contributed by atoms with Crippen LogP contribution in [0.2, 0.25) is 0 Å². The first-order valence-electron chi connectivity index (χ1n) is 15.6. The summed E-state index contributed by atoms with van der Waals surface area (Å²) < 4.78 is 0. The Balaban J connectivity index is 1.66. The van der Waals surface area contributed by atoms with Gasteiger partial charge in [-0.3, -0.25) is 0 Å². The number of anilines is 4. The maximum Gasteiger partial charge on any atom is 0.0866 e. The molecule has 5 aromatic rings. The molecular formula is C42H42N2. The van der Waals surface area contributed by atoms with Gasteiger partial charge in [-0.05, 0) is 101 Å². The third-order valence-corrected chi connectivity index (χ3v) is 8.86. The van der Waals surface area contributed by atoms with Gasteiger partial charge in [0.15, 0.2) is 0 Å². The van der Waals surface area contributed by atoms with Crippen LogP contribution in [0.3, 0.4) is 0 Å². The molecule has 0 saturated carbocycles. The van der Waals surface area contributed by atoms with Crippen LogP contribution >= 0.6 is 0 Å². The van der Waals surface area contributed by atoms with Crippen molar-refractivity contribution in [1.82, 2.24) is 0 Å². The standard InChI is InChI=1S/C42H42N2/c1-30-12-20-36(21-13-30)43(37-22-14-31(2)15-23-37)41-40(35-10-7-9-34(5)29-35)11-8-28-42(41,6)44(38-24-16-32(3)17-25-38)39-26-18-33(4)19-27-39/h7-29,41H,1-6H3. The molecule has 0 aromatic heterocycles. The van der Waals surface area contributed by atoms with Crippen LogP contribution in [0.25, 0.3) is 5.57 Å². The Morgan fingerprint density at radius 3 is 1.36 bits per heavy atom.